The van der Waals surface area contributed by atoms with Crippen LogP contribution in [-0.2, 0) is 4.79 Å². The van der Waals surface area contributed by atoms with Crippen LogP contribution >= 0.6 is 11.8 Å². The van der Waals surface area contributed by atoms with Crippen molar-refractivity contribution >= 4 is 23.6 Å². The van der Waals surface area contributed by atoms with Gasteiger partial charge in [-0.05, 0) is 19.1 Å². The number of nitrogens with one attached hydrogen (secondary N) is 1. The third-order valence-electron chi connectivity index (χ3n) is 1.54. The van der Waals surface area contributed by atoms with Gasteiger partial charge in [0.05, 0.1) is 17.4 Å². The van der Waals surface area contributed by atoms with Crippen LogP contribution in [0.3, 0.4) is 0 Å². The quantitative estimate of drug-likeness (QED) is 0.741. The van der Waals surface area contributed by atoms with Gasteiger partial charge in [0.25, 0.3) is 5.91 Å². The SMILES string of the molecule is CC(NC(=O)c1ccco1)SCC(=O)O. The second-order valence-corrected chi connectivity index (χ2v) is 4.13. The summed E-state index contributed by atoms with van der Waals surface area (Å²) in [4.78, 5) is 21.7. The van der Waals surface area contributed by atoms with Crippen molar-refractivity contribution in [2.24, 2.45) is 0 Å². The molecule has 0 aliphatic carbocycles. The molecule has 1 unspecified atom stereocenters. The van der Waals surface area contributed by atoms with Crippen molar-refractivity contribution in [3.8, 4) is 0 Å². The number of thioether (sulfide) groups is 1. The third kappa shape index (κ3) is 4.07. The molecular weight excluding hydrogens is 218 g/mol. The Hall–Kier alpha value is -1.43. The highest BCUT2D eigenvalue weighted by atomic mass is 32.2. The van der Waals surface area contributed by atoms with Gasteiger partial charge < -0.3 is 14.8 Å². The summed E-state index contributed by atoms with van der Waals surface area (Å²) < 4.78 is 4.88. The van der Waals surface area contributed by atoms with Gasteiger partial charge >= 0.3 is 5.97 Å². The second-order valence-electron chi connectivity index (χ2n) is 2.80. The number of furan rings is 1. The highest BCUT2D eigenvalue weighted by Gasteiger charge is 2.12. The lowest BCUT2D eigenvalue weighted by Gasteiger charge is -2.10. The second kappa shape index (κ2) is 5.45. The van der Waals surface area contributed by atoms with E-state index in [1.165, 1.54) is 6.26 Å². The van der Waals surface area contributed by atoms with E-state index in [0.29, 0.717) is 0 Å². The Labute approximate surface area is 90.8 Å². The van der Waals surface area contributed by atoms with E-state index in [2.05, 4.69) is 5.32 Å². The number of carboxylic acid groups (broad SMARTS) is 1. The maximum absolute atomic E-state index is 11.4. The fraction of sp³-hybridized carbons (Fsp3) is 0.333. The van der Waals surface area contributed by atoms with E-state index in [4.69, 9.17) is 9.52 Å². The number of carbonyl (C=O) groups excluding carboxylic acids is 1. The number of rotatable bonds is 5. The van der Waals surface area contributed by atoms with Gasteiger partial charge in [0.1, 0.15) is 0 Å². The van der Waals surface area contributed by atoms with Gasteiger partial charge in [-0.2, -0.15) is 0 Å². The van der Waals surface area contributed by atoms with Crippen LogP contribution in [-0.4, -0.2) is 28.1 Å². The lowest BCUT2D eigenvalue weighted by molar-refractivity contribution is -0.133. The fourth-order valence-electron chi connectivity index (χ4n) is 0.901. The van der Waals surface area contributed by atoms with Crippen molar-refractivity contribution in [2.75, 3.05) is 5.75 Å². The van der Waals surface area contributed by atoms with Crippen LogP contribution in [0.5, 0.6) is 0 Å². The zero-order valence-electron chi connectivity index (χ0n) is 8.10. The molecule has 0 aromatic carbocycles. The van der Waals surface area contributed by atoms with Gasteiger partial charge in [-0.15, -0.1) is 11.8 Å². The number of amides is 1. The van der Waals surface area contributed by atoms with Crippen molar-refractivity contribution in [1.82, 2.24) is 5.32 Å². The Morgan fingerprint density at radius 3 is 2.93 bits per heavy atom. The highest BCUT2D eigenvalue weighted by molar-refractivity contribution is 8.00. The van der Waals surface area contributed by atoms with Gasteiger partial charge in [-0.3, -0.25) is 9.59 Å². The summed E-state index contributed by atoms with van der Waals surface area (Å²) in [6.07, 6.45) is 1.41. The average molecular weight is 229 g/mol. The zero-order valence-corrected chi connectivity index (χ0v) is 8.91. The third-order valence-corrected chi connectivity index (χ3v) is 2.57. The summed E-state index contributed by atoms with van der Waals surface area (Å²) in [5, 5.41) is 10.8. The van der Waals surface area contributed by atoms with Crippen LogP contribution in [0.4, 0.5) is 0 Å². The van der Waals surface area contributed by atoms with Crippen LogP contribution in [0, 0.1) is 0 Å². The van der Waals surface area contributed by atoms with Crippen molar-refractivity contribution in [3.05, 3.63) is 24.2 Å². The van der Waals surface area contributed by atoms with E-state index in [9.17, 15) is 9.59 Å². The summed E-state index contributed by atoms with van der Waals surface area (Å²) in [7, 11) is 0. The number of hydrogen-bond acceptors (Lipinski definition) is 4. The van der Waals surface area contributed by atoms with Crippen molar-refractivity contribution in [2.45, 2.75) is 12.3 Å². The molecule has 6 heteroatoms. The summed E-state index contributed by atoms with van der Waals surface area (Å²) in [5.41, 5.74) is 0. The minimum Gasteiger partial charge on any atom is -0.481 e. The molecule has 0 fully saturated rings. The monoisotopic (exact) mass is 229 g/mol. The van der Waals surface area contributed by atoms with Crippen LogP contribution in [0.2, 0.25) is 0 Å². The first-order valence-electron chi connectivity index (χ1n) is 4.27. The molecule has 1 aromatic heterocycles. The van der Waals surface area contributed by atoms with Crippen LogP contribution in [0.1, 0.15) is 17.5 Å². The number of carboxylic acids is 1. The number of aliphatic carboxylic acids is 1. The van der Waals surface area contributed by atoms with E-state index in [0.717, 1.165) is 11.8 Å². The van der Waals surface area contributed by atoms with Gasteiger partial charge in [-0.25, -0.2) is 0 Å². The molecule has 0 saturated carbocycles. The van der Waals surface area contributed by atoms with Crippen LogP contribution in [0.15, 0.2) is 22.8 Å². The molecule has 15 heavy (non-hydrogen) atoms. The maximum Gasteiger partial charge on any atom is 0.313 e. The molecule has 5 nitrogen and oxygen atoms in total. The molecule has 1 aromatic rings. The zero-order chi connectivity index (χ0) is 11.3. The van der Waals surface area contributed by atoms with E-state index in [1.807, 2.05) is 0 Å². The molecule has 0 saturated heterocycles. The molecule has 82 valence electrons. The molecule has 0 radical (unpaired) electrons. The van der Waals surface area contributed by atoms with Gasteiger partial charge in [0, 0.05) is 0 Å². The molecule has 1 heterocycles. The smallest absolute Gasteiger partial charge is 0.313 e. The Bertz CT molecular complexity index is 336. The summed E-state index contributed by atoms with van der Waals surface area (Å²) in [5.74, 6) is -1.07. The Balaban J connectivity index is 2.35. The number of carbonyl (C=O) groups is 2. The minimum absolute atomic E-state index is 0.0421. The summed E-state index contributed by atoms with van der Waals surface area (Å²) in [6, 6.07) is 3.16. The van der Waals surface area contributed by atoms with E-state index in [1.54, 1.807) is 19.1 Å². The largest absolute Gasteiger partial charge is 0.481 e. The Morgan fingerprint density at radius 1 is 1.67 bits per heavy atom. The van der Waals surface area contributed by atoms with Crippen molar-refractivity contribution < 1.29 is 19.1 Å². The summed E-state index contributed by atoms with van der Waals surface area (Å²) in [6.45, 7) is 1.72. The predicted molar refractivity (Wildman–Crippen MR) is 55.7 cm³/mol. The van der Waals surface area contributed by atoms with E-state index in [-0.39, 0.29) is 22.8 Å². The predicted octanol–water partition coefficient (Wildman–Crippen LogP) is 1.17. The average Bonchev–Trinajstić information content (AvgIpc) is 2.67. The fourth-order valence-corrected chi connectivity index (χ4v) is 1.48. The first kappa shape index (κ1) is 11.6. The first-order chi connectivity index (χ1) is 7.09. The van der Waals surface area contributed by atoms with E-state index >= 15 is 0 Å². The normalized spacial score (nSPS) is 12.1. The molecule has 1 atom stereocenters. The van der Waals surface area contributed by atoms with Gasteiger partial charge in [-0.1, -0.05) is 0 Å². The Kier molecular flexibility index (Phi) is 4.23. The van der Waals surface area contributed by atoms with Crippen LogP contribution < -0.4 is 5.32 Å². The molecule has 0 bridgehead atoms. The van der Waals surface area contributed by atoms with Crippen LogP contribution in [0.25, 0.3) is 0 Å². The van der Waals surface area contributed by atoms with Gasteiger partial charge in [0.2, 0.25) is 0 Å². The maximum atomic E-state index is 11.4. The lowest BCUT2D eigenvalue weighted by atomic mass is 10.4. The molecule has 2 N–H and O–H groups in total. The topological polar surface area (TPSA) is 79.5 Å². The van der Waals surface area contributed by atoms with Gasteiger partial charge in [0.15, 0.2) is 5.76 Å². The van der Waals surface area contributed by atoms with Crippen molar-refractivity contribution in [3.63, 3.8) is 0 Å². The minimum atomic E-state index is -0.904. The molecule has 0 spiro atoms. The molecular formula is C9H11NO4S. The molecule has 1 amide bonds. The highest BCUT2D eigenvalue weighted by Crippen LogP contribution is 2.08. The summed E-state index contributed by atoms with van der Waals surface area (Å²) >= 11 is 1.14. The van der Waals surface area contributed by atoms with E-state index < -0.39 is 5.97 Å². The first-order valence-corrected chi connectivity index (χ1v) is 5.32. The molecule has 0 aliphatic heterocycles. The lowest BCUT2D eigenvalue weighted by Crippen LogP contribution is -2.30. The number of hydrogen-bond donors (Lipinski definition) is 2. The molecule has 0 aliphatic rings. The van der Waals surface area contributed by atoms with Crippen molar-refractivity contribution in [1.29, 1.82) is 0 Å². The Morgan fingerprint density at radius 2 is 2.40 bits per heavy atom. The molecule has 1 rings (SSSR count). The standard InChI is InChI=1S/C9H11NO4S/c1-6(15-5-8(11)12)10-9(13)7-3-2-4-14-7/h2-4,6H,5H2,1H3,(H,10,13)(H,11,12).